The summed E-state index contributed by atoms with van der Waals surface area (Å²) in [6, 6.07) is 10.1. The maximum Gasteiger partial charge on any atom is 0.184 e. The Hall–Kier alpha value is -1.31. The lowest BCUT2D eigenvalue weighted by Crippen LogP contribution is -2.57. The van der Waals surface area contributed by atoms with Crippen LogP contribution in [0.4, 0.5) is 0 Å². The first-order valence-corrected chi connectivity index (χ1v) is 14.9. The molecule has 3 rings (SSSR count). The summed E-state index contributed by atoms with van der Waals surface area (Å²) in [6.07, 6.45) is 4.54. The average molecular weight is 447 g/mol. The van der Waals surface area contributed by atoms with E-state index >= 15 is 0 Å². The average Bonchev–Trinajstić information content (AvgIpc) is 2.75. The first kappa shape index (κ1) is 24.3. The van der Waals surface area contributed by atoms with Gasteiger partial charge in [0.2, 0.25) is 0 Å². The molecule has 0 spiro atoms. The second-order valence-electron chi connectivity index (χ2n) is 9.89. The van der Waals surface area contributed by atoms with E-state index in [-0.39, 0.29) is 24.1 Å². The standard InChI is InChI=1S/C25H38O5Si/c1-6-25(2)20(18-29-23-14-10-11-15-27-23)24(26)21(30-31(3,4)5)16-22(25)28-17-19-12-8-7-9-13-19/h6-9,12-13,20-23H,1,10-11,14-18H2,2-5H3/t20-,21+,22+,23?,25+/m1/s1. The monoisotopic (exact) mass is 446 g/mol. The molecule has 1 aliphatic carbocycles. The van der Waals surface area contributed by atoms with Gasteiger partial charge in [-0.3, -0.25) is 4.79 Å². The van der Waals surface area contributed by atoms with Crippen LogP contribution in [0.25, 0.3) is 0 Å². The predicted molar refractivity (Wildman–Crippen MR) is 124 cm³/mol. The molecule has 2 aliphatic rings. The molecule has 1 heterocycles. The highest BCUT2D eigenvalue weighted by molar-refractivity contribution is 6.69. The predicted octanol–water partition coefficient (Wildman–Crippen LogP) is 5.12. The third-order valence-electron chi connectivity index (χ3n) is 6.35. The number of hydrogen-bond donors (Lipinski definition) is 0. The molecule has 1 unspecified atom stereocenters. The van der Waals surface area contributed by atoms with Gasteiger partial charge in [0.05, 0.1) is 25.2 Å². The van der Waals surface area contributed by atoms with Crippen molar-refractivity contribution in [1.82, 2.24) is 0 Å². The van der Waals surface area contributed by atoms with Gasteiger partial charge < -0.3 is 18.6 Å². The summed E-state index contributed by atoms with van der Waals surface area (Å²) < 4.78 is 24.6. The van der Waals surface area contributed by atoms with Gasteiger partial charge in [-0.15, -0.1) is 6.58 Å². The highest BCUT2D eigenvalue weighted by Gasteiger charge is 2.52. The molecule has 1 aromatic rings. The van der Waals surface area contributed by atoms with Gasteiger partial charge in [0.15, 0.2) is 20.4 Å². The molecule has 5 nitrogen and oxygen atoms in total. The van der Waals surface area contributed by atoms with E-state index < -0.39 is 19.8 Å². The topological polar surface area (TPSA) is 54.0 Å². The Morgan fingerprint density at radius 2 is 1.94 bits per heavy atom. The first-order chi connectivity index (χ1) is 14.7. The zero-order chi connectivity index (χ0) is 22.5. The van der Waals surface area contributed by atoms with Gasteiger partial charge in [0.25, 0.3) is 0 Å². The zero-order valence-electron chi connectivity index (χ0n) is 19.5. The van der Waals surface area contributed by atoms with E-state index in [0.29, 0.717) is 26.2 Å². The molecular weight excluding hydrogens is 408 g/mol. The van der Waals surface area contributed by atoms with Crippen LogP contribution < -0.4 is 0 Å². The Morgan fingerprint density at radius 3 is 2.55 bits per heavy atom. The minimum atomic E-state index is -1.91. The molecule has 31 heavy (non-hydrogen) atoms. The van der Waals surface area contributed by atoms with Crippen molar-refractivity contribution in [3.8, 4) is 0 Å². The molecule has 1 aliphatic heterocycles. The van der Waals surface area contributed by atoms with Gasteiger partial charge in [0.1, 0.15) is 6.10 Å². The van der Waals surface area contributed by atoms with Crippen LogP contribution in [0.3, 0.4) is 0 Å². The van der Waals surface area contributed by atoms with Gasteiger partial charge in [-0.2, -0.15) is 0 Å². The fourth-order valence-electron chi connectivity index (χ4n) is 4.45. The van der Waals surface area contributed by atoms with Crippen LogP contribution in [0.1, 0.15) is 38.2 Å². The maximum atomic E-state index is 13.5. The van der Waals surface area contributed by atoms with E-state index in [9.17, 15) is 4.79 Å². The molecule has 0 aromatic heterocycles. The lowest BCUT2D eigenvalue weighted by molar-refractivity contribution is -0.190. The van der Waals surface area contributed by atoms with Crippen molar-refractivity contribution in [2.75, 3.05) is 13.2 Å². The number of carbonyl (C=O) groups excluding carboxylic acids is 1. The lowest BCUT2D eigenvalue weighted by Gasteiger charge is -2.48. The third kappa shape index (κ3) is 6.36. The van der Waals surface area contributed by atoms with Gasteiger partial charge in [-0.05, 0) is 44.5 Å². The molecule has 5 atom stereocenters. The van der Waals surface area contributed by atoms with Crippen molar-refractivity contribution in [2.45, 2.75) is 77.4 Å². The summed E-state index contributed by atoms with van der Waals surface area (Å²) in [5.41, 5.74) is 0.566. The van der Waals surface area contributed by atoms with Gasteiger partial charge >= 0.3 is 0 Å². The molecule has 1 aromatic carbocycles. The van der Waals surface area contributed by atoms with Crippen LogP contribution in [0.15, 0.2) is 43.0 Å². The fraction of sp³-hybridized carbons (Fsp3) is 0.640. The Bertz CT molecular complexity index is 725. The van der Waals surface area contributed by atoms with Crippen molar-refractivity contribution in [3.05, 3.63) is 48.6 Å². The van der Waals surface area contributed by atoms with E-state index in [1.807, 2.05) is 24.3 Å². The minimum Gasteiger partial charge on any atom is -0.408 e. The molecular formula is C25H38O5Si. The SMILES string of the molecule is C=C[C@]1(C)[C@@H](OCc2ccccc2)C[C@H](O[Si](C)(C)C)C(=O)[C@H]1COC1CCCCO1. The smallest absolute Gasteiger partial charge is 0.184 e. The maximum absolute atomic E-state index is 13.5. The van der Waals surface area contributed by atoms with Gasteiger partial charge in [0, 0.05) is 18.4 Å². The number of benzene rings is 1. The Morgan fingerprint density at radius 1 is 1.19 bits per heavy atom. The molecule has 0 N–H and O–H groups in total. The number of rotatable bonds is 9. The van der Waals surface area contributed by atoms with E-state index in [0.717, 1.165) is 24.8 Å². The van der Waals surface area contributed by atoms with Crippen LogP contribution in [-0.4, -0.2) is 45.8 Å². The van der Waals surface area contributed by atoms with E-state index in [1.165, 1.54) is 0 Å². The number of ether oxygens (including phenoxy) is 3. The second kappa shape index (κ2) is 10.5. The van der Waals surface area contributed by atoms with E-state index in [1.54, 1.807) is 0 Å². The minimum absolute atomic E-state index is 0.0974. The molecule has 6 heteroatoms. The number of hydrogen-bond acceptors (Lipinski definition) is 5. The van der Waals surface area contributed by atoms with Gasteiger partial charge in [-0.1, -0.05) is 43.3 Å². The summed E-state index contributed by atoms with van der Waals surface area (Å²) >= 11 is 0. The first-order valence-electron chi connectivity index (χ1n) is 11.5. The van der Waals surface area contributed by atoms with Crippen LogP contribution >= 0.6 is 0 Å². The van der Waals surface area contributed by atoms with Gasteiger partial charge in [-0.25, -0.2) is 0 Å². The van der Waals surface area contributed by atoms with Crippen LogP contribution in [0, 0.1) is 11.3 Å². The Balaban J connectivity index is 1.79. The summed E-state index contributed by atoms with van der Waals surface area (Å²) in [4.78, 5) is 13.5. The van der Waals surface area contributed by atoms with Crippen molar-refractivity contribution in [3.63, 3.8) is 0 Å². The summed E-state index contributed by atoms with van der Waals surface area (Å²) in [6.45, 7) is 14.0. The van der Waals surface area contributed by atoms with Crippen molar-refractivity contribution in [2.24, 2.45) is 11.3 Å². The highest BCUT2D eigenvalue weighted by Crippen LogP contribution is 2.44. The molecule has 2 fully saturated rings. The third-order valence-corrected chi connectivity index (χ3v) is 7.34. The zero-order valence-corrected chi connectivity index (χ0v) is 20.5. The van der Waals surface area contributed by atoms with Crippen molar-refractivity contribution in [1.29, 1.82) is 0 Å². The van der Waals surface area contributed by atoms with E-state index in [4.69, 9.17) is 18.6 Å². The summed E-state index contributed by atoms with van der Waals surface area (Å²) in [5, 5.41) is 0. The van der Waals surface area contributed by atoms with Crippen molar-refractivity contribution >= 4 is 14.1 Å². The quantitative estimate of drug-likeness (QED) is 0.389. The number of Topliss-reactive ketones (excluding diaryl/α,β-unsaturated/α-hetero) is 1. The molecule has 0 radical (unpaired) electrons. The lowest BCUT2D eigenvalue weighted by atomic mass is 9.64. The second-order valence-corrected chi connectivity index (χ2v) is 14.4. The normalized spacial score (nSPS) is 32.1. The van der Waals surface area contributed by atoms with Crippen LogP contribution in [0.5, 0.6) is 0 Å². The highest BCUT2D eigenvalue weighted by atomic mass is 28.4. The largest absolute Gasteiger partial charge is 0.408 e. The van der Waals surface area contributed by atoms with Crippen LogP contribution in [-0.2, 0) is 30.0 Å². The fourth-order valence-corrected chi connectivity index (χ4v) is 5.52. The summed E-state index contributed by atoms with van der Waals surface area (Å²) in [5.74, 6) is -0.286. The Labute approximate surface area is 188 Å². The van der Waals surface area contributed by atoms with Crippen LogP contribution in [0.2, 0.25) is 19.6 Å². The molecule has 0 bridgehead atoms. The molecule has 172 valence electrons. The number of carbonyl (C=O) groups is 1. The van der Waals surface area contributed by atoms with E-state index in [2.05, 4.69) is 45.3 Å². The summed E-state index contributed by atoms with van der Waals surface area (Å²) in [7, 11) is -1.91. The number of ketones is 1. The van der Waals surface area contributed by atoms with Crippen molar-refractivity contribution < 1.29 is 23.4 Å². The molecule has 0 amide bonds. The Kier molecular flexibility index (Phi) is 8.27. The molecule has 1 saturated heterocycles. The molecule has 1 saturated carbocycles.